The van der Waals surface area contributed by atoms with Gasteiger partial charge in [0.2, 0.25) is 0 Å². The normalized spacial score (nSPS) is 9.61. The van der Waals surface area contributed by atoms with E-state index in [2.05, 4.69) is 16.2 Å². The van der Waals surface area contributed by atoms with E-state index in [1.807, 2.05) is 19.9 Å². The summed E-state index contributed by atoms with van der Waals surface area (Å²) in [4.78, 5) is 17.9. The van der Waals surface area contributed by atoms with Gasteiger partial charge in [0.15, 0.2) is 0 Å². The standard InChI is InChI=1S/C14H19N3O/c1-4-7-9-15-12-8-10-16-13(11-12)14(18)17(5-2)6-3/h1,8,10-11H,5-7,9H2,2-3H3,(H,15,16). The predicted molar refractivity (Wildman–Crippen MR) is 73.4 cm³/mol. The Morgan fingerprint density at radius 1 is 1.50 bits per heavy atom. The SMILES string of the molecule is C#CCCNc1ccnc(C(=O)N(CC)CC)c1. The second kappa shape index (κ2) is 7.33. The largest absolute Gasteiger partial charge is 0.384 e. The summed E-state index contributed by atoms with van der Waals surface area (Å²) in [6.07, 6.45) is 7.47. The van der Waals surface area contributed by atoms with E-state index in [0.29, 0.717) is 31.7 Å². The Bertz CT molecular complexity index is 433. The topological polar surface area (TPSA) is 45.2 Å². The van der Waals surface area contributed by atoms with E-state index in [1.54, 1.807) is 17.2 Å². The number of aromatic nitrogens is 1. The number of pyridine rings is 1. The molecule has 0 aliphatic heterocycles. The number of amides is 1. The molecule has 4 heteroatoms. The summed E-state index contributed by atoms with van der Waals surface area (Å²) in [6, 6.07) is 3.59. The quantitative estimate of drug-likeness (QED) is 0.616. The molecule has 1 aromatic rings. The van der Waals surface area contributed by atoms with Crippen molar-refractivity contribution in [1.29, 1.82) is 0 Å². The monoisotopic (exact) mass is 245 g/mol. The molecule has 0 saturated carbocycles. The van der Waals surface area contributed by atoms with Gasteiger partial charge < -0.3 is 10.2 Å². The maximum Gasteiger partial charge on any atom is 0.272 e. The second-order valence-electron chi connectivity index (χ2n) is 3.79. The molecule has 0 aliphatic carbocycles. The van der Waals surface area contributed by atoms with Crippen LogP contribution in [0.15, 0.2) is 18.3 Å². The van der Waals surface area contributed by atoms with Gasteiger partial charge in [-0.25, -0.2) is 0 Å². The molecule has 0 aliphatic rings. The van der Waals surface area contributed by atoms with Crippen LogP contribution in [0, 0.1) is 12.3 Å². The Morgan fingerprint density at radius 2 is 2.22 bits per heavy atom. The number of carbonyl (C=O) groups is 1. The summed E-state index contributed by atoms with van der Waals surface area (Å²) in [5.74, 6) is 2.52. The molecule has 1 amide bonds. The van der Waals surface area contributed by atoms with Crippen LogP contribution in [0.1, 0.15) is 30.8 Å². The van der Waals surface area contributed by atoms with Crippen LogP contribution in [0.25, 0.3) is 0 Å². The summed E-state index contributed by atoms with van der Waals surface area (Å²) in [5.41, 5.74) is 1.33. The number of nitrogens with zero attached hydrogens (tertiary/aromatic N) is 2. The highest BCUT2D eigenvalue weighted by atomic mass is 16.2. The molecule has 1 heterocycles. The molecule has 0 atom stereocenters. The average Bonchev–Trinajstić information content (AvgIpc) is 2.41. The van der Waals surface area contributed by atoms with E-state index in [4.69, 9.17) is 6.42 Å². The van der Waals surface area contributed by atoms with Gasteiger partial charge in [0.1, 0.15) is 5.69 Å². The fourth-order valence-electron chi connectivity index (χ4n) is 1.61. The highest BCUT2D eigenvalue weighted by Crippen LogP contribution is 2.10. The first kappa shape index (κ1) is 14.0. The van der Waals surface area contributed by atoms with E-state index in [0.717, 1.165) is 5.69 Å². The van der Waals surface area contributed by atoms with Crippen LogP contribution in [-0.4, -0.2) is 35.4 Å². The van der Waals surface area contributed by atoms with E-state index in [1.165, 1.54) is 0 Å². The van der Waals surface area contributed by atoms with Crippen molar-refractivity contribution in [2.24, 2.45) is 0 Å². The molecule has 0 unspecified atom stereocenters. The Balaban J connectivity index is 2.75. The Kier molecular flexibility index (Phi) is 5.72. The van der Waals surface area contributed by atoms with E-state index < -0.39 is 0 Å². The van der Waals surface area contributed by atoms with Crippen LogP contribution in [0.4, 0.5) is 5.69 Å². The zero-order chi connectivity index (χ0) is 13.4. The first-order valence-corrected chi connectivity index (χ1v) is 6.15. The second-order valence-corrected chi connectivity index (χ2v) is 3.79. The summed E-state index contributed by atoms with van der Waals surface area (Å²) in [5, 5.41) is 3.16. The van der Waals surface area contributed by atoms with Crippen LogP contribution in [-0.2, 0) is 0 Å². The zero-order valence-corrected chi connectivity index (χ0v) is 10.9. The van der Waals surface area contributed by atoms with Gasteiger partial charge in [-0.2, -0.15) is 0 Å². The van der Waals surface area contributed by atoms with Gasteiger partial charge in [0, 0.05) is 37.9 Å². The lowest BCUT2D eigenvalue weighted by Crippen LogP contribution is -2.31. The van der Waals surface area contributed by atoms with Crippen molar-refractivity contribution in [3.8, 4) is 12.3 Å². The molecule has 4 nitrogen and oxygen atoms in total. The fourth-order valence-corrected chi connectivity index (χ4v) is 1.61. The average molecular weight is 245 g/mol. The maximum atomic E-state index is 12.1. The number of hydrogen-bond acceptors (Lipinski definition) is 3. The molecule has 0 bridgehead atoms. The molecule has 0 aromatic carbocycles. The summed E-state index contributed by atoms with van der Waals surface area (Å²) in [6.45, 7) is 5.98. The van der Waals surface area contributed by atoms with Crippen molar-refractivity contribution in [1.82, 2.24) is 9.88 Å². The Labute approximate surface area is 108 Å². The van der Waals surface area contributed by atoms with Crippen LogP contribution >= 0.6 is 0 Å². The molecule has 1 N–H and O–H groups in total. The molecule has 96 valence electrons. The van der Waals surface area contributed by atoms with Crippen LogP contribution in [0.5, 0.6) is 0 Å². The number of hydrogen-bond donors (Lipinski definition) is 1. The Morgan fingerprint density at radius 3 is 2.83 bits per heavy atom. The van der Waals surface area contributed by atoms with Gasteiger partial charge in [-0.05, 0) is 26.0 Å². The van der Waals surface area contributed by atoms with E-state index >= 15 is 0 Å². The third kappa shape index (κ3) is 3.77. The van der Waals surface area contributed by atoms with Crippen molar-refractivity contribution in [3.63, 3.8) is 0 Å². The van der Waals surface area contributed by atoms with Crippen molar-refractivity contribution >= 4 is 11.6 Å². The van der Waals surface area contributed by atoms with E-state index in [9.17, 15) is 4.79 Å². The molecule has 1 aromatic heterocycles. The van der Waals surface area contributed by atoms with Crippen molar-refractivity contribution in [2.75, 3.05) is 25.0 Å². The lowest BCUT2D eigenvalue weighted by atomic mass is 10.2. The van der Waals surface area contributed by atoms with Crippen LogP contribution in [0.3, 0.4) is 0 Å². The third-order valence-electron chi connectivity index (χ3n) is 2.63. The van der Waals surface area contributed by atoms with Crippen LogP contribution < -0.4 is 5.32 Å². The minimum Gasteiger partial charge on any atom is -0.384 e. The number of nitrogens with one attached hydrogen (secondary N) is 1. The highest BCUT2D eigenvalue weighted by molar-refractivity contribution is 5.93. The van der Waals surface area contributed by atoms with Crippen molar-refractivity contribution < 1.29 is 4.79 Å². The zero-order valence-electron chi connectivity index (χ0n) is 10.9. The van der Waals surface area contributed by atoms with Crippen molar-refractivity contribution in [2.45, 2.75) is 20.3 Å². The first-order valence-electron chi connectivity index (χ1n) is 6.15. The first-order chi connectivity index (χ1) is 8.72. The summed E-state index contributed by atoms with van der Waals surface area (Å²) >= 11 is 0. The molecule has 0 fully saturated rings. The predicted octanol–water partition coefficient (Wildman–Crippen LogP) is 2.00. The minimum atomic E-state index is -0.0411. The van der Waals surface area contributed by atoms with Gasteiger partial charge in [0.25, 0.3) is 5.91 Å². The van der Waals surface area contributed by atoms with E-state index in [-0.39, 0.29) is 5.91 Å². The molecular weight excluding hydrogens is 226 g/mol. The van der Waals surface area contributed by atoms with Gasteiger partial charge >= 0.3 is 0 Å². The van der Waals surface area contributed by atoms with Gasteiger partial charge in [-0.15, -0.1) is 12.3 Å². The third-order valence-corrected chi connectivity index (χ3v) is 2.63. The summed E-state index contributed by atoms with van der Waals surface area (Å²) < 4.78 is 0. The summed E-state index contributed by atoms with van der Waals surface area (Å²) in [7, 11) is 0. The minimum absolute atomic E-state index is 0.0411. The molecule has 0 spiro atoms. The molecular formula is C14H19N3O. The lowest BCUT2D eigenvalue weighted by molar-refractivity contribution is 0.0767. The number of anilines is 1. The number of carbonyl (C=O) groups excluding carboxylic acids is 1. The smallest absolute Gasteiger partial charge is 0.272 e. The molecule has 18 heavy (non-hydrogen) atoms. The molecule has 1 rings (SSSR count). The number of terminal acetylenes is 1. The van der Waals surface area contributed by atoms with Crippen LogP contribution in [0.2, 0.25) is 0 Å². The van der Waals surface area contributed by atoms with Crippen molar-refractivity contribution in [3.05, 3.63) is 24.0 Å². The lowest BCUT2D eigenvalue weighted by Gasteiger charge is -2.18. The number of rotatable bonds is 6. The molecule has 0 radical (unpaired) electrons. The highest BCUT2D eigenvalue weighted by Gasteiger charge is 2.13. The molecule has 0 saturated heterocycles. The Hall–Kier alpha value is -2.02. The van der Waals surface area contributed by atoms with Gasteiger partial charge in [0.05, 0.1) is 0 Å². The maximum absolute atomic E-state index is 12.1. The van der Waals surface area contributed by atoms with Gasteiger partial charge in [-0.1, -0.05) is 0 Å². The fraction of sp³-hybridized carbons (Fsp3) is 0.429. The van der Waals surface area contributed by atoms with Gasteiger partial charge in [-0.3, -0.25) is 9.78 Å².